The van der Waals surface area contributed by atoms with Gasteiger partial charge in [-0.1, -0.05) is 109 Å². The number of nitrogens with one attached hydrogen (secondary N) is 2. The number of nitrogens with zero attached hydrogens (tertiary/aromatic N) is 3. The third-order valence-corrected chi connectivity index (χ3v) is 9.68. The van der Waals surface area contributed by atoms with E-state index in [2.05, 4.69) is 148 Å². The lowest BCUT2D eigenvalue weighted by Gasteiger charge is -2.13. The van der Waals surface area contributed by atoms with E-state index in [-0.39, 0.29) is 0 Å². The molecule has 0 aliphatic rings. The second-order valence-electron chi connectivity index (χ2n) is 12.7. The van der Waals surface area contributed by atoms with E-state index in [0.717, 1.165) is 66.8 Å². The van der Waals surface area contributed by atoms with Crippen LogP contribution in [0.25, 0.3) is 99.8 Å². The van der Waals surface area contributed by atoms with E-state index in [0.29, 0.717) is 5.82 Å². The Morgan fingerprint density at radius 3 is 1.92 bits per heavy atom. The molecular weight excluding hydrogens is 611 g/mol. The number of para-hydroxylation sites is 2. The van der Waals surface area contributed by atoms with Crippen LogP contribution >= 0.6 is 0 Å². The molecule has 0 saturated heterocycles. The second-order valence-corrected chi connectivity index (χ2v) is 12.7. The lowest BCUT2D eigenvalue weighted by atomic mass is 9.95. The van der Waals surface area contributed by atoms with Crippen LogP contribution in [0, 0.1) is 0 Å². The molecule has 0 aliphatic heterocycles. The molecule has 0 bridgehead atoms. The van der Waals surface area contributed by atoms with Gasteiger partial charge in [0.1, 0.15) is 0 Å². The summed E-state index contributed by atoms with van der Waals surface area (Å²) in [6.07, 6.45) is 3.64. The fraction of sp³-hybridized carbons (Fsp3) is 0. The van der Waals surface area contributed by atoms with Crippen LogP contribution in [-0.4, -0.2) is 24.9 Å². The maximum atomic E-state index is 5.27. The molecule has 5 heteroatoms. The standard InChI is InChI=1S/C45H29N5/c1-2-9-29(10-3-1)40-27-42(50-45(49-40)32-12-8-11-30(25-32)28-21-23-46-24-22-28)37-20-19-33(43-36-14-5-7-16-39(36)48-44(37)43)31-17-18-35-34-13-4-6-15-38(34)47-41(35)26-31/h1-27,47-48H. The zero-order chi connectivity index (χ0) is 33.0. The topological polar surface area (TPSA) is 70.2 Å². The van der Waals surface area contributed by atoms with Crippen molar-refractivity contribution in [2.24, 2.45) is 0 Å². The van der Waals surface area contributed by atoms with Gasteiger partial charge in [0.15, 0.2) is 5.82 Å². The van der Waals surface area contributed by atoms with Crippen LogP contribution in [0.2, 0.25) is 0 Å². The number of benzene rings is 6. The summed E-state index contributed by atoms with van der Waals surface area (Å²) in [6.45, 7) is 0. The normalized spacial score (nSPS) is 11.6. The van der Waals surface area contributed by atoms with Crippen LogP contribution in [0.1, 0.15) is 0 Å². The molecule has 0 unspecified atom stereocenters. The molecule has 234 valence electrons. The van der Waals surface area contributed by atoms with E-state index < -0.39 is 0 Å². The largest absolute Gasteiger partial charge is 0.354 e. The second kappa shape index (κ2) is 11.4. The van der Waals surface area contributed by atoms with Crippen molar-refractivity contribution in [2.75, 3.05) is 0 Å². The van der Waals surface area contributed by atoms with E-state index in [4.69, 9.17) is 9.97 Å². The van der Waals surface area contributed by atoms with Crippen LogP contribution in [0.15, 0.2) is 164 Å². The Hall–Kier alpha value is -6.85. The number of fused-ring (bicyclic) bond motifs is 6. The van der Waals surface area contributed by atoms with Crippen molar-refractivity contribution in [3.8, 4) is 56.2 Å². The number of aromatic amines is 2. The summed E-state index contributed by atoms with van der Waals surface area (Å²) < 4.78 is 0. The van der Waals surface area contributed by atoms with Gasteiger partial charge in [0.25, 0.3) is 0 Å². The van der Waals surface area contributed by atoms with E-state index in [9.17, 15) is 0 Å². The highest BCUT2D eigenvalue weighted by atomic mass is 14.9. The summed E-state index contributed by atoms with van der Waals surface area (Å²) in [7, 11) is 0. The fourth-order valence-corrected chi connectivity index (χ4v) is 7.29. The number of aromatic nitrogens is 5. The van der Waals surface area contributed by atoms with Crippen molar-refractivity contribution in [2.45, 2.75) is 0 Å². The quantitative estimate of drug-likeness (QED) is 0.197. The van der Waals surface area contributed by atoms with Gasteiger partial charge in [-0.05, 0) is 64.7 Å². The molecule has 0 atom stereocenters. The highest BCUT2D eigenvalue weighted by Crippen LogP contribution is 2.41. The lowest BCUT2D eigenvalue weighted by Crippen LogP contribution is -1.97. The van der Waals surface area contributed by atoms with Gasteiger partial charge >= 0.3 is 0 Å². The molecule has 0 radical (unpaired) electrons. The van der Waals surface area contributed by atoms with Gasteiger partial charge in [0.05, 0.1) is 16.9 Å². The molecule has 0 saturated carbocycles. The Morgan fingerprint density at radius 2 is 1.06 bits per heavy atom. The zero-order valence-corrected chi connectivity index (χ0v) is 26.9. The van der Waals surface area contributed by atoms with E-state index in [1.807, 2.05) is 30.6 Å². The van der Waals surface area contributed by atoms with Crippen molar-refractivity contribution in [1.29, 1.82) is 0 Å². The van der Waals surface area contributed by atoms with Gasteiger partial charge in [0, 0.05) is 67.2 Å². The van der Waals surface area contributed by atoms with Crippen LogP contribution in [0.3, 0.4) is 0 Å². The molecule has 5 nitrogen and oxygen atoms in total. The number of hydrogen-bond donors (Lipinski definition) is 2. The first-order valence-electron chi connectivity index (χ1n) is 16.8. The lowest BCUT2D eigenvalue weighted by molar-refractivity contribution is 1.18. The average molecular weight is 640 g/mol. The van der Waals surface area contributed by atoms with Crippen molar-refractivity contribution in [3.05, 3.63) is 164 Å². The SMILES string of the molecule is c1ccc(-c2cc(-c3ccc(-c4ccc5c(c4)[nH]c4ccccc45)c4c3[nH]c3ccccc34)nc(-c3cccc(-c4ccncc4)c3)n2)cc1. The molecule has 0 amide bonds. The minimum Gasteiger partial charge on any atom is -0.354 e. The number of H-pyrrole nitrogens is 2. The van der Waals surface area contributed by atoms with Gasteiger partial charge in [0.2, 0.25) is 0 Å². The number of pyridine rings is 1. The van der Waals surface area contributed by atoms with Crippen molar-refractivity contribution < 1.29 is 0 Å². The summed E-state index contributed by atoms with van der Waals surface area (Å²) in [5.41, 5.74) is 13.7. The van der Waals surface area contributed by atoms with Crippen LogP contribution in [-0.2, 0) is 0 Å². The molecule has 50 heavy (non-hydrogen) atoms. The first kappa shape index (κ1) is 28.2. The minimum atomic E-state index is 0.676. The molecule has 6 aromatic carbocycles. The van der Waals surface area contributed by atoms with E-state index in [1.165, 1.54) is 27.1 Å². The molecule has 0 spiro atoms. The maximum Gasteiger partial charge on any atom is 0.160 e. The number of hydrogen-bond acceptors (Lipinski definition) is 3. The van der Waals surface area contributed by atoms with Gasteiger partial charge in [-0.15, -0.1) is 0 Å². The minimum absolute atomic E-state index is 0.676. The Bertz CT molecular complexity index is 2870. The smallest absolute Gasteiger partial charge is 0.160 e. The van der Waals surface area contributed by atoms with Gasteiger partial charge < -0.3 is 9.97 Å². The third kappa shape index (κ3) is 4.67. The van der Waals surface area contributed by atoms with Crippen LogP contribution in [0.5, 0.6) is 0 Å². The maximum absolute atomic E-state index is 5.27. The Labute approximate surface area is 288 Å². The van der Waals surface area contributed by atoms with Crippen molar-refractivity contribution >= 4 is 43.6 Å². The molecular formula is C45H29N5. The van der Waals surface area contributed by atoms with Crippen LogP contribution in [0.4, 0.5) is 0 Å². The molecule has 4 heterocycles. The molecule has 2 N–H and O–H groups in total. The van der Waals surface area contributed by atoms with Gasteiger partial charge in [-0.3, -0.25) is 4.98 Å². The van der Waals surface area contributed by atoms with Crippen molar-refractivity contribution in [1.82, 2.24) is 24.9 Å². The number of rotatable bonds is 5. The fourth-order valence-electron chi connectivity index (χ4n) is 7.29. The zero-order valence-electron chi connectivity index (χ0n) is 26.9. The highest BCUT2D eigenvalue weighted by Gasteiger charge is 2.19. The monoisotopic (exact) mass is 639 g/mol. The predicted octanol–water partition coefficient (Wildman–Crippen LogP) is 11.5. The molecule has 0 aliphatic carbocycles. The Morgan fingerprint density at radius 1 is 0.380 bits per heavy atom. The van der Waals surface area contributed by atoms with Crippen molar-refractivity contribution in [3.63, 3.8) is 0 Å². The van der Waals surface area contributed by atoms with Crippen LogP contribution < -0.4 is 0 Å². The summed E-state index contributed by atoms with van der Waals surface area (Å²) in [4.78, 5) is 22.0. The average Bonchev–Trinajstić information content (AvgIpc) is 3.77. The third-order valence-electron chi connectivity index (χ3n) is 9.68. The van der Waals surface area contributed by atoms with E-state index in [1.54, 1.807) is 0 Å². The first-order valence-corrected chi connectivity index (χ1v) is 16.8. The van der Waals surface area contributed by atoms with Gasteiger partial charge in [-0.25, -0.2) is 9.97 Å². The summed E-state index contributed by atoms with van der Waals surface area (Å²) >= 11 is 0. The first-order chi connectivity index (χ1) is 24.8. The van der Waals surface area contributed by atoms with Gasteiger partial charge in [-0.2, -0.15) is 0 Å². The predicted molar refractivity (Wildman–Crippen MR) is 206 cm³/mol. The summed E-state index contributed by atoms with van der Waals surface area (Å²) in [6, 6.07) is 53.2. The molecule has 10 rings (SSSR count). The molecule has 10 aromatic rings. The summed E-state index contributed by atoms with van der Waals surface area (Å²) in [5, 5.41) is 4.82. The Kier molecular flexibility index (Phi) is 6.42. The summed E-state index contributed by atoms with van der Waals surface area (Å²) in [5.74, 6) is 0.676. The molecule has 4 aromatic heterocycles. The molecule has 0 fully saturated rings. The van der Waals surface area contributed by atoms with E-state index >= 15 is 0 Å². The Balaban J connectivity index is 1.19. The highest BCUT2D eigenvalue weighted by molar-refractivity contribution is 6.18.